The van der Waals surface area contributed by atoms with Gasteiger partial charge in [-0.2, -0.15) is 0 Å². The summed E-state index contributed by atoms with van der Waals surface area (Å²) in [5.74, 6) is 0.105. The Labute approximate surface area is 150 Å². The van der Waals surface area contributed by atoms with Crippen molar-refractivity contribution in [3.63, 3.8) is 0 Å². The van der Waals surface area contributed by atoms with E-state index in [1.165, 1.54) is 0 Å². The van der Waals surface area contributed by atoms with E-state index in [9.17, 15) is 4.79 Å². The van der Waals surface area contributed by atoms with E-state index >= 15 is 0 Å². The zero-order valence-electron chi connectivity index (χ0n) is 13.7. The molecular formula is C18H16N4O2S. The molecule has 0 fully saturated rings. The number of aromatic nitrogens is 2. The van der Waals surface area contributed by atoms with Gasteiger partial charge in [0.1, 0.15) is 11.3 Å². The summed E-state index contributed by atoms with van der Waals surface area (Å²) in [5, 5.41) is 9.62. The largest absolute Gasteiger partial charge is 0.361 e. The molecule has 0 bridgehead atoms. The van der Waals surface area contributed by atoms with Crippen molar-refractivity contribution in [3.8, 4) is 11.1 Å². The maximum Gasteiger partial charge on any atom is 0.262 e. The molecule has 0 spiro atoms. The van der Waals surface area contributed by atoms with Gasteiger partial charge >= 0.3 is 0 Å². The highest BCUT2D eigenvalue weighted by molar-refractivity contribution is 7.80. The number of hydrogen-bond donors (Lipinski definition) is 2. The lowest BCUT2D eigenvalue weighted by atomic mass is 10.1. The third-order valence-electron chi connectivity index (χ3n) is 3.60. The summed E-state index contributed by atoms with van der Waals surface area (Å²) in [6.07, 6.45) is 3.52. The Bertz CT molecular complexity index is 902. The van der Waals surface area contributed by atoms with Gasteiger partial charge in [0.2, 0.25) is 0 Å². The fraction of sp³-hybridized carbons (Fsp3) is 0.111. The topological polar surface area (TPSA) is 80.0 Å². The fourth-order valence-electron chi connectivity index (χ4n) is 2.45. The van der Waals surface area contributed by atoms with Crippen molar-refractivity contribution in [3.05, 3.63) is 65.8 Å². The normalized spacial score (nSPS) is 10.3. The number of pyridine rings is 1. The third kappa shape index (κ3) is 3.89. The second-order valence-corrected chi connectivity index (χ2v) is 5.84. The maximum atomic E-state index is 12.3. The fourth-order valence-corrected chi connectivity index (χ4v) is 2.66. The molecule has 7 heteroatoms. The molecule has 6 nitrogen and oxygen atoms in total. The zero-order valence-corrected chi connectivity index (χ0v) is 14.6. The van der Waals surface area contributed by atoms with Gasteiger partial charge in [0.05, 0.1) is 5.69 Å². The van der Waals surface area contributed by atoms with Crippen LogP contribution in [0.4, 0.5) is 5.69 Å². The number of amides is 1. The van der Waals surface area contributed by atoms with Gasteiger partial charge in [0, 0.05) is 23.6 Å². The van der Waals surface area contributed by atoms with E-state index in [1.54, 1.807) is 26.2 Å². The highest BCUT2D eigenvalue weighted by Gasteiger charge is 2.18. The van der Waals surface area contributed by atoms with Crippen LogP contribution < -0.4 is 10.6 Å². The molecule has 0 aliphatic carbocycles. The van der Waals surface area contributed by atoms with Gasteiger partial charge in [-0.05, 0) is 49.8 Å². The first-order valence-corrected chi connectivity index (χ1v) is 8.01. The second kappa shape index (κ2) is 7.23. The molecular weight excluding hydrogens is 336 g/mol. The van der Waals surface area contributed by atoms with Gasteiger partial charge in [0.15, 0.2) is 5.11 Å². The first-order chi connectivity index (χ1) is 12.0. The quantitative estimate of drug-likeness (QED) is 0.703. The minimum Gasteiger partial charge on any atom is -0.361 e. The lowest BCUT2D eigenvalue weighted by Gasteiger charge is -2.10. The van der Waals surface area contributed by atoms with Crippen LogP contribution in [0.15, 0.2) is 53.3 Å². The molecule has 0 aliphatic heterocycles. The van der Waals surface area contributed by atoms with E-state index in [-0.39, 0.29) is 11.0 Å². The number of rotatable bonds is 3. The molecule has 0 atom stereocenters. The molecule has 25 heavy (non-hydrogen) atoms. The Morgan fingerprint density at radius 2 is 1.96 bits per heavy atom. The van der Waals surface area contributed by atoms with Gasteiger partial charge in [-0.15, -0.1) is 0 Å². The van der Waals surface area contributed by atoms with Crippen molar-refractivity contribution in [2.24, 2.45) is 0 Å². The Morgan fingerprint density at radius 3 is 2.64 bits per heavy atom. The summed E-state index contributed by atoms with van der Waals surface area (Å²) in [4.78, 5) is 16.4. The molecule has 0 saturated carbocycles. The van der Waals surface area contributed by atoms with Crippen LogP contribution in [0.1, 0.15) is 21.8 Å². The number of anilines is 1. The number of nitrogens with one attached hydrogen (secondary N) is 2. The number of hydrogen-bond acceptors (Lipinski definition) is 5. The molecule has 2 aromatic heterocycles. The molecule has 2 heterocycles. The predicted octanol–water partition coefficient (Wildman–Crippen LogP) is 3.48. The van der Waals surface area contributed by atoms with Gasteiger partial charge in [-0.1, -0.05) is 23.4 Å². The SMILES string of the molecule is Cc1noc(C)c1C(=O)NC(=S)Nc1cccc(-c2cccnc2)c1. The van der Waals surface area contributed by atoms with E-state index in [2.05, 4.69) is 20.8 Å². The average Bonchev–Trinajstić information content (AvgIpc) is 2.94. The molecule has 1 amide bonds. The van der Waals surface area contributed by atoms with Crippen LogP contribution in [0.3, 0.4) is 0 Å². The van der Waals surface area contributed by atoms with E-state index in [0.29, 0.717) is 17.0 Å². The molecule has 3 rings (SSSR count). The zero-order chi connectivity index (χ0) is 17.8. The third-order valence-corrected chi connectivity index (χ3v) is 3.81. The van der Waals surface area contributed by atoms with E-state index < -0.39 is 0 Å². The Hall–Kier alpha value is -3.06. The summed E-state index contributed by atoms with van der Waals surface area (Å²) in [7, 11) is 0. The minimum atomic E-state index is -0.350. The van der Waals surface area contributed by atoms with Gasteiger partial charge < -0.3 is 9.84 Å². The van der Waals surface area contributed by atoms with Crippen molar-refractivity contribution in [1.82, 2.24) is 15.5 Å². The van der Waals surface area contributed by atoms with Crippen molar-refractivity contribution < 1.29 is 9.32 Å². The van der Waals surface area contributed by atoms with Crippen LogP contribution >= 0.6 is 12.2 Å². The van der Waals surface area contributed by atoms with Crippen LogP contribution in [0.2, 0.25) is 0 Å². The molecule has 2 N–H and O–H groups in total. The van der Waals surface area contributed by atoms with Gasteiger partial charge in [-0.3, -0.25) is 15.1 Å². The van der Waals surface area contributed by atoms with Crippen molar-refractivity contribution in [1.29, 1.82) is 0 Å². The summed E-state index contributed by atoms with van der Waals surface area (Å²) in [6, 6.07) is 11.5. The van der Waals surface area contributed by atoms with Gasteiger partial charge in [0.25, 0.3) is 5.91 Å². The lowest BCUT2D eigenvalue weighted by molar-refractivity contribution is 0.0976. The molecule has 126 valence electrons. The van der Waals surface area contributed by atoms with Crippen LogP contribution in [-0.2, 0) is 0 Å². The Morgan fingerprint density at radius 1 is 1.16 bits per heavy atom. The van der Waals surface area contributed by atoms with Gasteiger partial charge in [-0.25, -0.2) is 0 Å². The van der Waals surface area contributed by atoms with Crippen molar-refractivity contribution >= 4 is 28.9 Å². The molecule has 0 aliphatic rings. The summed E-state index contributed by atoms with van der Waals surface area (Å²) >= 11 is 5.23. The summed E-state index contributed by atoms with van der Waals surface area (Å²) < 4.78 is 5.00. The molecule has 3 aromatic rings. The van der Waals surface area contributed by atoms with E-state index in [0.717, 1.165) is 16.8 Å². The number of nitrogens with zero attached hydrogens (tertiary/aromatic N) is 2. The van der Waals surface area contributed by atoms with Crippen LogP contribution in [-0.4, -0.2) is 21.2 Å². The number of benzene rings is 1. The highest BCUT2D eigenvalue weighted by atomic mass is 32.1. The summed E-state index contributed by atoms with van der Waals surface area (Å²) in [5.41, 5.74) is 3.69. The Balaban J connectivity index is 1.70. The number of thiocarbonyl (C=S) groups is 1. The van der Waals surface area contributed by atoms with Crippen LogP contribution in [0, 0.1) is 13.8 Å². The smallest absolute Gasteiger partial charge is 0.262 e. The average molecular weight is 352 g/mol. The van der Waals surface area contributed by atoms with Crippen LogP contribution in [0.25, 0.3) is 11.1 Å². The molecule has 0 saturated heterocycles. The van der Waals surface area contributed by atoms with Crippen molar-refractivity contribution in [2.45, 2.75) is 13.8 Å². The molecule has 0 unspecified atom stereocenters. The predicted molar refractivity (Wildman–Crippen MR) is 99.3 cm³/mol. The standard InChI is InChI=1S/C18H16N4O2S/c1-11-16(12(2)24-22-11)17(23)21-18(25)20-15-7-3-5-13(9-15)14-6-4-8-19-10-14/h3-10H,1-2H3,(H2,20,21,23,25). The lowest BCUT2D eigenvalue weighted by Crippen LogP contribution is -2.34. The molecule has 1 aromatic carbocycles. The van der Waals surface area contributed by atoms with E-state index in [1.807, 2.05) is 36.4 Å². The minimum absolute atomic E-state index is 0.202. The highest BCUT2D eigenvalue weighted by Crippen LogP contribution is 2.21. The van der Waals surface area contributed by atoms with E-state index in [4.69, 9.17) is 16.7 Å². The first-order valence-electron chi connectivity index (χ1n) is 7.60. The van der Waals surface area contributed by atoms with Crippen LogP contribution in [0.5, 0.6) is 0 Å². The number of carbonyl (C=O) groups is 1. The monoisotopic (exact) mass is 352 g/mol. The van der Waals surface area contributed by atoms with Crippen molar-refractivity contribution in [2.75, 3.05) is 5.32 Å². The first kappa shape index (κ1) is 16.8. The Kier molecular flexibility index (Phi) is 4.85. The molecule has 0 radical (unpaired) electrons. The number of aryl methyl sites for hydroxylation is 2. The number of carbonyl (C=O) groups excluding carboxylic acids is 1. The maximum absolute atomic E-state index is 12.3. The second-order valence-electron chi connectivity index (χ2n) is 5.43. The summed E-state index contributed by atoms with van der Waals surface area (Å²) in [6.45, 7) is 3.39.